The normalized spacial score (nSPS) is 16.6. The lowest BCUT2D eigenvalue weighted by molar-refractivity contribution is -0.110. The number of carbonyl (C=O) groups excluding carboxylic acids is 1. The fraction of sp³-hybridized carbons (Fsp3) is 0.320. The van der Waals surface area contributed by atoms with Crippen LogP contribution in [0.3, 0.4) is 0 Å². The van der Waals surface area contributed by atoms with E-state index in [1.54, 1.807) is 12.2 Å². The van der Waals surface area contributed by atoms with E-state index < -0.39 is 0 Å². The van der Waals surface area contributed by atoms with Gasteiger partial charge in [0, 0.05) is 0 Å². The van der Waals surface area contributed by atoms with Gasteiger partial charge in [0.05, 0.1) is 12.2 Å². The number of ketones is 1. The lowest BCUT2D eigenvalue weighted by Gasteiger charge is -2.08. The summed E-state index contributed by atoms with van der Waals surface area (Å²) < 4.78 is 11.7. The number of benzene rings is 2. The van der Waals surface area contributed by atoms with Crippen LogP contribution in [0.2, 0.25) is 0 Å². The Kier molecular flexibility index (Phi) is 5.34. The Labute approximate surface area is 166 Å². The van der Waals surface area contributed by atoms with Gasteiger partial charge in [-0.1, -0.05) is 24.3 Å². The Bertz CT molecular complexity index is 855. The Morgan fingerprint density at radius 3 is 1.57 bits per heavy atom. The minimum atomic E-state index is -0.0353. The van der Waals surface area contributed by atoms with Gasteiger partial charge in [-0.2, -0.15) is 0 Å². The monoisotopic (exact) mass is 374 g/mol. The van der Waals surface area contributed by atoms with Crippen molar-refractivity contribution in [2.24, 2.45) is 0 Å². The molecule has 0 aromatic heterocycles. The lowest BCUT2D eigenvalue weighted by Crippen LogP contribution is -1.97. The van der Waals surface area contributed by atoms with E-state index in [9.17, 15) is 4.79 Å². The first-order valence-corrected chi connectivity index (χ1v) is 10.0. The van der Waals surface area contributed by atoms with Crippen molar-refractivity contribution in [3.8, 4) is 11.5 Å². The summed E-state index contributed by atoms with van der Waals surface area (Å²) in [5, 5.41) is 0. The largest absolute Gasteiger partial charge is 0.490 e. The van der Waals surface area contributed by atoms with E-state index in [2.05, 4.69) is 0 Å². The van der Waals surface area contributed by atoms with E-state index in [1.165, 1.54) is 0 Å². The van der Waals surface area contributed by atoms with E-state index in [4.69, 9.17) is 9.47 Å². The zero-order valence-corrected chi connectivity index (χ0v) is 16.5. The molecular formula is C25H26O3. The third-order valence-corrected chi connectivity index (χ3v) is 4.91. The average molecular weight is 374 g/mol. The van der Waals surface area contributed by atoms with Crippen molar-refractivity contribution in [2.45, 2.75) is 51.7 Å². The van der Waals surface area contributed by atoms with Gasteiger partial charge in [-0.15, -0.1) is 0 Å². The molecule has 0 heterocycles. The summed E-state index contributed by atoms with van der Waals surface area (Å²) in [6.07, 6.45) is 12.3. The van der Waals surface area contributed by atoms with Gasteiger partial charge in [0.2, 0.25) is 0 Å². The highest BCUT2D eigenvalue weighted by Crippen LogP contribution is 2.30. The Morgan fingerprint density at radius 2 is 1.21 bits per heavy atom. The van der Waals surface area contributed by atoms with Crippen LogP contribution >= 0.6 is 0 Å². The molecule has 0 atom stereocenters. The minimum absolute atomic E-state index is 0.0353. The Hall–Kier alpha value is -2.81. The maximum Gasteiger partial charge on any atom is 0.178 e. The summed E-state index contributed by atoms with van der Waals surface area (Å²) in [7, 11) is 0. The molecule has 2 aliphatic carbocycles. The number of rotatable bonds is 8. The second kappa shape index (κ2) is 8.05. The number of carbonyl (C=O) groups is 1. The van der Waals surface area contributed by atoms with Crippen LogP contribution in [-0.4, -0.2) is 18.0 Å². The molecule has 3 nitrogen and oxygen atoms in total. The van der Waals surface area contributed by atoms with Crippen LogP contribution in [0.15, 0.2) is 48.6 Å². The number of hydrogen-bond acceptors (Lipinski definition) is 3. The second-order valence-electron chi connectivity index (χ2n) is 7.75. The van der Waals surface area contributed by atoms with E-state index in [0.29, 0.717) is 12.2 Å². The molecule has 2 aliphatic rings. The number of allylic oxidation sites excluding steroid dienone is 2. The summed E-state index contributed by atoms with van der Waals surface area (Å²) in [6, 6.07) is 12.0. The van der Waals surface area contributed by atoms with Crippen molar-refractivity contribution in [1.29, 1.82) is 0 Å². The third-order valence-electron chi connectivity index (χ3n) is 4.91. The van der Waals surface area contributed by atoms with Gasteiger partial charge in [0.15, 0.2) is 5.78 Å². The first-order valence-electron chi connectivity index (χ1n) is 10.0. The molecule has 0 N–H and O–H groups in total. The molecule has 28 heavy (non-hydrogen) atoms. The zero-order valence-electron chi connectivity index (χ0n) is 16.5. The highest BCUT2D eigenvalue weighted by atomic mass is 16.5. The standard InChI is InChI=1S/C25H26O3/c1-17-15-19(5-13-24(17)27-22-9-10-22)3-7-21(26)8-4-20-6-14-25(18(2)16-20)28-23-11-12-23/h3-8,13-16,22-23H,9-12H2,1-2H3/b7-3+,8-4+. The third kappa shape index (κ3) is 5.13. The molecule has 0 saturated heterocycles. The van der Waals surface area contributed by atoms with Crippen LogP contribution in [-0.2, 0) is 4.79 Å². The summed E-state index contributed by atoms with van der Waals surface area (Å²) in [5.41, 5.74) is 4.20. The summed E-state index contributed by atoms with van der Waals surface area (Å²) >= 11 is 0. The number of aryl methyl sites for hydroxylation is 2. The second-order valence-corrected chi connectivity index (χ2v) is 7.75. The molecule has 3 heteroatoms. The van der Waals surface area contributed by atoms with Gasteiger partial charge >= 0.3 is 0 Å². The Morgan fingerprint density at radius 1 is 0.786 bits per heavy atom. The zero-order chi connectivity index (χ0) is 19.5. The van der Waals surface area contributed by atoms with Crippen molar-refractivity contribution < 1.29 is 14.3 Å². The van der Waals surface area contributed by atoms with Crippen molar-refractivity contribution in [1.82, 2.24) is 0 Å². The van der Waals surface area contributed by atoms with Gasteiger partial charge in [-0.05, 0) is 98.2 Å². The van der Waals surface area contributed by atoms with Crippen LogP contribution in [0.1, 0.15) is 47.9 Å². The van der Waals surface area contributed by atoms with Gasteiger partial charge in [-0.3, -0.25) is 4.79 Å². The minimum Gasteiger partial charge on any atom is -0.490 e. The molecular weight excluding hydrogens is 348 g/mol. The molecule has 4 rings (SSSR count). The first-order chi connectivity index (χ1) is 13.6. The molecule has 0 spiro atoms. The fourth-order valence-corrected chi connectivity index (χ4v) is 2.96. The SMILES string of the molecule is Cc1cc(/C=C/C(=O)/C=C/c2ccc(OC3CC3)c(C)c2)ccc1OC1CC1. The van der Waals surface area contributed by atoms with Crippen LogP contribution in [0, 0.1) is 13.8 Å². The summed E-state index contributed by atoms with van der Waals surface area (Å²) in [4.78, 5) is 12.2. The lowest BCUT2D eigenvalue weighted by atomic mass is 10.1. The van der Waals surface area contributed by atoms with Gasteiger partial charge < -0.3 is 9.47 Å². The molecule has 0 radical (unpaired) electrons. The number of ether oxygens (including phenoxy) is 2. The van der Waals surface area contributed by atoms with Crippen molar-refractivity contribution in [3.05, 3.63) is 70.8 Å². The molecule has 0 bridgehead atoms. The van der Waals surface area contributed by atoms with Crippen LogP contribution in [0.25, 0.3) is 12.2 Å². The predicted molar refractivity (Wildman–Crippen MR) is 113 cm³/mol. The Balaban J connectivity index is 1.35. The summed E-state index contributed by atoms with van der Waals surface area (Å²) in [5.74, 6) is 1.85. The van der Waals surface area contributed by atoms with Crippen LogP contribution < -0.4 is 9.47 Å². The predicted octanol–water partition coefficient (Wildman–Crippen LogP) is 5.68. The van der Waals surface area contributed by atoms with Crippen LogP contribution in [0.4, 0.5) is 0 Å². The molecule has 144 valence electrons. The molecule has 0 amide bonds. The van der Waals surface area contributed by atoms with Gasteiger partial charge in [-0.25, -0.2) is 0 Å². The maximum absolute atomic E-state index is 12.2. The molecule has 2 aromatic rings. The topological polar surface area (TPSA) is 35.5 Å². The molecule has 0 aliphatic heterocycles. The maximum atomic E-state index is 12.2. The molecule has 2 aromatic carbocycles. The smallest absolute Gasteiger partial charge is 0.178 e. The highest BCUT2D eigenvalue weighted by Gasteiger charge is 2.24. The summed E-state index contributed by atoms with van der Waals surface area (Å²) in [6.45, 7) is 4.07. The van der Waals surface area contributed by atoms with E-state index in [1.807, 2.05) is 62.4 Å². The van der Waals surface area contributed by atoms with E-state index >= 15 is 0 Å². The molecule has 0 unspecified atom stereocenters. The van der Waals surface area contributed by atoms with Crippen LogP contribution in [0.5, 0.6) is 11.5 Å². The highest BCUT2D eigenvalue weighted by molar-refractivity contribution is 6.04. The fourth-order valence-electron chi connectivity index (χ4n) is 2.96. The quantitative estimate of drug-likeness (QED) is 0.558. The molecule has 2 saturated carbocycles. The van der Waals surface area contributed by atoms with E-state index in [0.717, 1.165) is 59.4 Å². The first kappa shape index (κ1) is 18.5. The van der Waals surface area contributed by atoms with Gasteiger partial charge in [0.25, 0.3) is 0 Å². The van der Waals surface area contributed by atoms with Gasteiger partial charge in [0.1, 0.15) is 11.5 Å². The van der Waals surface area contributed by atoms with Crippen molar-refractivity contribution in [3.63, 3.8) is 0 Å². The van der Waals surface area contributed by atoms with Crippen molar-refractivity contribution in [2.75, 3.05) is 0 Å². The van der Waals surface area contributed by atoms with E-state index in [-0.39, 0.29) is 5.78 Å². The molecule has 2 fully saturated rings. The average Bonchev–Trinajstić information content (AvgIpc) is 3.58. The van der Waals surface area contributed by atoms with Crippen molar-refractivity contribution >= 4 is 17.9 Å². The number of hydrogen-bond donors (Lipinski definition) is 0.